The van der Waals surface area contributed by atoms with Crippen LogP contribution in [0.15, 0.2) is 0 Å². The molecule has 0 aliphatic heterocycles. The van der Waals surface area contributed by atoms with Gasteiger partial charge in [-0.15, -0.1) is 0 Å². The Labute approximate surface area is 115 Å². The fourth-order valence-corrected chi connectivity index (χ4v) is 3.02. The predicted molar refractivity (Wildman–Crippen MR) is 72.7 cm³/mol. The quantitative estimate of drug-likeness (QED) is 0.832. The maximum absolute atomic E-state index is 12.6. The van der Waals surface area contributed by atoms with Gasteiger partial charge >= 0.3 is 5.97 Å². The van der Waals surface area contributed by atoms with Crippen molar-refractivity contribution in [2.24, 2.45) is 17.8 Å². The molecule has 2 fully saturated rings. The minimum Gasteiger partial charge on any atom is -0.481 e. The van der Waals surface area contributed by atoms with Crippen molar-refractivity contribution in [1.82, 2.24) is 4.90 Å². The molecule has 0 unspecified atom stereocenters. The highest BCUT2D eigenvalue weighted by molar-refractivity contribution is 5.80. The molecule has 0 atom stereocenters. The molecule has 0 heterocycles. The van der Waals surface area contributed by atoms with E-state index in [1.807, 2.05) is 0 Å². The summed E-state index contributed by atoms with van der Waals surface area (Å²) >= 11 is 0. The van der Waals surface area contributed by atoms with Gasteiger partial charge in [0.25, 0.3) is 0 Å². The average molecular weight is 267 g/mol. The van der Waals surface area contributed by atoms with Crippen LogP contribution < -0.4 is 0 Å². The largest absolute Gasteiger partial charge is 0.481 e. The molecule has 4 heteroatoms. The number of rotatable bonds is 5. The first kappa shape index (κ1) is 14.4. The van der Waals surface area contributed by atoms with Crippen molar-refractivity contribution in [3.63, 3.8) is 0 Å². The van der Waals surface area contributed by atoms with Crippen molar-refractivity contribution >= 4 is 11.9 Å². The molecule has 2 aliphatic carbocycles. The van der Waals surface area contributed by atoms with Gasteiger partial charge in [0.2, 0.25) is 5.91 Å². The lowest BCUT2D eigenvalue weighted by atomic mass is 9.81. The van der Waals surface area contributed by atoms with E-state index in [2.05, 4.69) is 18.7 Å². The zero-order chi connectivity index (χ0) is 14.0. The Morgan fingerprint density at radius 2 is 1.58 bits per heavy atom. The Morgan fingerprint density at radius 1 is 1.05 bits per heavy atom. The van der Waals surface area contributed by atoms with Crippen LogP contribution in [0.3, 0.4) is 0 Å². The fraction of sp³-hybridized carbons (Fsp3) is 0.867. The number of aliphatic carboxylic acids is 1. The van der Waals surface area contributed by atoms with E-state index in [0.717, 1.165) is 32.2 Å². The summed E-state index contributed by atoms with van der Waals surface area (Å²) in [4.78, 5) is 25.6. The molecule has 4 nitrogen and oxygen atoms in total. The Morgan fingerprint density at radius 3 is 2.00 bits per heavy atom. The van der Waals surface area contributed by atoms with Gasteiger partial charge in [-0.2, -0.15) is 0 Å². The molecule has 0 spiro atoms. The van der Waals surface area contributed by atoms with E-state index < -0.39 is 5.97 Å². The molecule has 19 heavy (non-hydrogen) atoms. The van der Waals surface area contributed by atoms with Gasteiger partial charge in [-0.3, -0.25) is 9.59 Å². The summed E-state index contributed by atoms with van der Waals surface area (Å²) in [7, 11) is 0. The van der Waals surface area contributed by atoms with Gasteiger partial charge in [-0.1, -0.05) is 13.8 Å². The van der Waals surface area contributed by atoms with Crippen LogP contribution in [0.25, 0.3) is 0 Å². The van der Waals surface area contributed by atoms with Gasteiger partial charge in [0.1, 0.15) is 0 Å². The number of carboxylic acids is 1. The third kappa shape index (κ3) is 3.71. The first-order chi connectivity index (χ1) is 8.99. The second-order valence-corrected chi connectivity index (χ2v) is 6.50. The number of carbonyl (C=O) groups is 2. The third-order valence-corrected chi connectivity index (χ3v) is 4.26. The molecule has 108 valence electrons. The summed E-state index contributed by atoms with van der Waals surface area (Å²) in [6.45, 7) is 5.14. The zero-order valence-corrected chi connectivity index (χ0v) is 12.0. The monoisotopic (exact) mass is 267 g/mol. The Kier molecular flexibility index (Phi) is 4.48. The maximum atomic E-state index is 12.6. The molecule has 1 amide bonds. The molecule has 0 aromatic carbocycles. The Bertz CT molecular complexity index is 341. The summed E-state index contributed by atoms with van der Waals surface area (Å²) in [5.74, 6) is -0.0921. The summed E-state index contributed by atoms with van der Waals surface area (Å²) < 4.78 is 0. The SMILES string of the molecule is CC(C)CN(C(=O)C1CCC(C(=O)O)CC1)C1CC1. The van der Waals surface area contributed by atoms with Crippen molar-refractivity contribution in [3.8, 4) is 0 Å². The fourth-order valence-electron chi connectivity index (χ4n) is 3.02. The maximum Gasteiger partial charge on any atom is 0.306 e. The first-order valence-electron chi connectivity index (χ1n) is 7.52. The van der Waals surface area contributed by atoms with E-state index in [9.17, 15) is 9.59 Å². The zero-order valence-electron chi connectivity index (χ0n) is 12.0. The van der Waals surface area contributed by atoms with E-state index in [1.165, 1.54) is 0 Å². The highest BCUT2D eigenvalue weighted by Crippen LogP contribution is 2.34. The third-order valence-electron chi connectivity index (χ3n) is 4.26. The number of carboxylic acid groups (broad SMARTS) is 1. The van der Waals surface area contributed by atoms with Crippen molar-refractivity contribution in [2.75, 3.05) is 6.54 Å². The van der Waals surface area contributed by atoms with Crippen molar-refractivity contribution < 1.29 is 14.7 Å². The molecule has 0 radical (unpaired) electrons. The topological polar surface area (TPSA) is 57.6 Å². The van der Waals surface area contributed by atoms with Crippen molar-refractivity contribution in [3.05, 3.63) is 0 Å². The van der Waals surface area contributed by atoms with Gasteiger partial charge in [-0.05, 0) is 44.4 Å². The van der Waals surface area contributed by atoms with E-state index in [0.29, 0.717) is 24.8 Å². The average Bonchev–Trinajstić information content (AvgIpc) is 3.19. The van der Waals surface area contributed by atoms with Crippen LogP contribution in [-0.2, 0) is 9.59 Å². The van der Waals surface area contributed by atoms with Crippen molar-refractivity contribution in [2.45, 2.75) is 58.4 Å². The molecule has 0 aromatic rings. The number of carbonyl (C=O) groups excluding carboxylic acids is 1. The summed E-state index contributed by atoms with van der Waals surface area (Å²) in [6.07, 6.45) is 5.10. The van der Waals surface area contributed by atoms with Crippen molar-refractivity contribution in [1.29, 1.82) is 0 Å². The van der Waals surface area contributed by atoms with Crippen LogP contribution in [0.2, 0.25) is 0 Å². The van der Waals surface area contributed by atoms with E-state index in [4.69, 9.17) is 5.11 Å². The lowest BCUT2D eigenvalue weighted by Crippen LogP contribution is -2.41. The van der Waals surface area contributed by atoms with E-state index in [1.54, 1.807) is 0 Å². The number of amides is 1. The van der Waals surface area contributed by atoms with Crippen LogP contribution in [0, 0.1) is 17.8 Å². The van der Waals surface area contributed by atoms with E-state index >= 15 is 0 Å². The van der Waals surface area contributed by atoms with E-state index in [-0.39, 0.29) is 17.7 Å². The summed E-state index contributed by atoms with van der Waals surface area (Å²) in [6, 6.07) is 0.465. The van der Waals surface area contributed by atoms with Gasteiger partial charge < -0.3 is 10.0 Å². The number of hydrogen-bond donors (Lipinski definition) is 1. The van der Waals surface area contributed by atoms with Crippen LogP contribution in [0.4, 0.5) is 0 Å². The smallest absolute Gasteiger partial charge is 0.306 e. The van der Waals surface area contributed by atoms with Gasteiger partial charge in [-0.25, -0.2) is 0 Å². The van der Waals surface area contributed by atoms with Gasteiger partial charge in [0.05, 0.1) is 5.92 Å². The summed E-state index contributed by atoms with van der Waals surface area (Å²) in [5, 5.41) is 8.99. The predicted octanol–water partition coefficient (Wildman–Crippen LogP) is 2.52. The normalized spacial score (nSPS) is 27.3. The lowest BCUT2D eigenvalue weighted by molar-refractivity contribution is -0.146. The second kappa shape index (κ2) is 5.93. The number of nitrogens with zero attached hydrogens (tertiary/aromatic N) is 1. The van der Waals surface area contributed by atoms with Gasteiger partial charge in [0.15, 0.2) is 0 Å². The molecule has 1 N–H and O–H groups in total. The summed E-state index contributed by atoms with van der Waals surface area (Å²) in [5.41, 5.74) is 0. The molecule has 2 saturated carbocycles. The molecule has 0 aromatic heterocycles. The molecule has 2 rings (SSSR count). The first-order valence-corrected chi connectivity index (χ1v) is 7.52. The Hall–Kier alpha value is -1.06. The molecule has 0 bridgehead atoms. The molecular weight excluding hydrogens is 242 g/mol. The molecule has 0 saturated heterocycles. The lowest BCUT2D eigenvalue weighted by Gasteiger charge is -2.32. The molecular formula is C15H25NO3. The van der Waals surface area contributed by atoms with Crippen LogP contribution in [0.1, 0.15) is 52.4 Å². The minimum absolute atomic E-state index is 0.0648. The van der Waals surface area contributed by atoms with Crippen LogP contribution in [0.5, 0.6) is 0 Å². The Balaban J connectivity index is 1.90. The van der Waals surface area contributed by atoms with Crippen LogP contribution >= 0.6 is 0 Å². The molecule has 2 aliphatic rings. The minimum atomic E-state index is -0.702. The van der Waals surface area contributed by atoms with Gasteiger partial charge in [0, 0.05) is 18.5 Å². The second-order valence-electron chi connectivity index (χ2n) is 6.50. The highest BCUT2D eigenvalue weighted by atomic mass is 16.4. The highest BCUT2D eigenvalue weighted by Gasteiger charge is 2.38. The number of hydrogen-bond acceptors (Lipinski definition) is 2. The van der Waals surface area contributed by atoms with Crippen LogP contribution in [-0.4, -0.2) is 34.5 Å². The standard InChI is InChI=1S/C15H25NO3/c1-10(2)9-16(13-7-8-13)14(17)11-3-5-12(6-4-11)15(18)19/h10-13H,3-9H2,1-2H3,(H,18,19).